The molecule has 1 N–H and O–H groups in total. The predicted octanol–water partition coefficient (Wildman–Crippen LogP) is 3.25. The minimum absolute atomic E-state index is 0.181. The van der Waals surface area contributed by atoms with Crippen LogP contribution in [0.2, 0.25) is 18.1 Å². The van der Waals surface area contributed by atoms with Gasteiger partial charge in [-0.3, -0.25) is 0 Å². The van der Waals surface area contributed by atoms with E-state index in [0.29, 0.717) is 18.1 Å². The van der Waals surface area contributed by atoms with Crippen LogP contribution in [0.1, 0.15) is 45.3 Å². The third-order valence-electron chi connectivity index (χ3n) is 3.39. The van der Waals surface area contributed by atoms with Gasteiger partial charge >= 0.3 is 0 Å². The van der Waals surface area contributed by atoms with Crippen LogP contribution in [0.15, 0.2) is 10.6 Å². The molecule has 0 spiro atoms. The highest BCUT2D eigenvalue weighted by molar-refractivity contribution is 6.74. The molecule has 1 aromatic heterocycles. The maximum Gasteiger partial charge on any atom is 0.192 e. The highest BCUT2D eigenvalue weighted by Gasteiger charge is 2.37. The number of hydrogen-bond donors (Lipinski definition) is 1. The standard InChI is InChI=1S/C12H23NO3Si/c1-9(14)11-7-10(16-13-11)8-15-17(5,6)12(2,3)4/h7,9,14H,8H2,1-6H3. The predicted molar refractivity (Wildman–Crippen MR) is 69.1 cm³/mol. The number of nitrogens with zero attached hydrogens (tertiary/aromatic N) is 1. The molecule has 0 saturated heterocycles. The summed E-state index contributed by atoms with van der Waals surface area (Å²) in [4.78, 5) is 0. The summed E-state index contributed by atoms with van der Waals surface area (Å²) < 4.78 is 11.1. The second-order valence-corrected chi connectivity index (χ2v) is 10.8. The Hall–Kier alpha value is -0.653. The average molecular weight is 257 g/mol. The molecular formula is C12H23NO3Si. The molecule has 98 valence electrons. The molecule has 0 saturated carbocycles. The second-order valence-electron chi connectivity index (χ2n) is 5.94. The van der Waals surface area contributed by atoms with Gasteiger partial charge in [0.2, 0.25) is 0 Å². The van der Waals surface area contributed by atoms with E-state index in [1.54, 1.807) is 13.0 Å². The molecule has 1 aromatic rings. The number of aliphatic hydroxyl groups excluding tert-OH is 1. The molecule has 1 unspecified atom stereocenters. The maximum absolute atomic E-state index is 9.34. The molecule has 4 nitrogen and oxygen atoms in total. The van der Waals surface area contributed by atoms with Crippen molar-refractivity contribution in [1.29, 1.82) is 0 Å². The first-order chi connectivity index (χ1) is 7.63. The van der Waals surface area contributed by atoms with E-state index >= 15 is 0 Å². The second kappa shape index (κ2) is 4.92. The van der Waals surface area contributed by atoms with Crippen molar-refractivity contribution in [2.24, 2.45) is 0 Å². The lowest BCUT2D eigenvalue weighted by Gasteiger charge is -2.35. The molecule has 5 heteroatoms. The highest BCUT2D eigenvalue weighted by atomic mass is 28.4. The number of aromatic nitrogens is 1. The molecule has 1 rings (SSSR count). The van der Waals surface area contributed by atoms with Crippen LogP contribution in [-0.4, -0.2) is 18.6 Å². The fourth-order valence-electron chi connectivity index (χ4n) is 1.06. The molecule has 0 bridgehead atoms. The van der Waals surface area contributed by atoms with Gasteiger partial charge in [-0.2, -0.15) is 0 Å². The van der Waals surface area contributed by atoms with E-state index < -0.39 is 14.4 Å². The highest BCUT2D eigenvalue weighted by Crippen LogP contribution is 2.37. The van der Waals surface area contributed by atoms with Crippen LogP contribution in [0.4, 0.5) is 0 Å². The molecule has 0 aromatic carbocycles. The summed E-state index contributed by atoms with van der Waals surface area (Å²) in [7, 11) is -1.76. The number of hydrogen-bond acceptors (Lipinski definition) is 4. The van der Waals surface area contributed by atoms with E-state index in [9.17, 15) is 5.11 Å². The largest absolute Gasteiger partial charge is 0.409 e. The Bertz CT molecular complexity index is 366. The smallest absolute Gasteiger partial charge is 0.192 e. The van der Waals surface area contributed by atoms with Crippen molar-refractivity contribution in [2.75, 3.05) is 0 Å². The van der Waals surface area contributed by atoms with Gasteiger partial charge in [-0.1, -0.05) is 25.9 Å². The first kappa shape index (κ1) is 14.4. The molecule has 1 heterocycles. The molecule has 0 aliphatic carbocycles. The van der Waals surface area contributed by atoms with Gasteiger partial charge in [0, 0.05) is 6.07 Å². The molecule has 0 aliphatic rings. The van der Waals surface area contributed by atoms with Crippen molar-refractivity contribution in [3.05, 3.63) is 17.5 Å². The lowest BCUT2D eigenvalue weighted by Crippen LogP contribution is -2.40. The van der Waals surface area contributed by atoms with Crippen molar-refractivity contribution < 1.29 is 14.1 Å². The summed E-state index contributed by atoms with van der Waals surface area (Å²) in [5.41, 5.74) is 0.554. The monoisotopic (exact) mass is 257 g/mol. The Labute approximate surface area is 104 Å². The van der Waals surface area contributed by atoms with Crippen LogP contribution in [-0.2, 0) is 11.0 Å². The van der Waals surface area contributed by atoms with Crippen LogP contribution >= 0.6 is 0 Å². The van der Waals surface area contributed by atoms with Crippen molar-refractivity contribution in [2.45, 2.75) is 58.5 Å². The first-order valence-electron chi connectivity index (χ1n) is 5.91. The van der Waals surface area contributed by atoms with Crippen LogP contribution in [0, 0.1) is 0 Å². The van der Waals surface area contributed by atoms with Gasteiger partial charge in [0.25, 0.3) is 0 Å². The molecule has 17 heavy (non-hydrogen) atoms. The normalized spacial score (nSPS) is 15.0. The van der Waals surface area contributed by atoms with Crippen molar-refractivity contribution in [1.82, 2.24) is 5.16 Å². The topological polar surface area (TPSA) is 55.5 Å². The van der Waals surface area contributed by atoms with Crippen molar-refractivity contribution in [3.63, 3.8) is 0 Å². The van der Waals surface area contributed by atoms with E-state index in [-0.39, 0.29) is 5.04 Å². The zero-order valence-corrected chi connectivity index (χ0v) is 12.6. The quantitative estimate of drug-likeness (QED) is 0.841. The summed E-state index contributed by atoms with van der Waals surface area (Å²) in [5, 5.41) is 13.3. The van der Waals surface area contributed by atoms with Gasteiger partial charge in [-0.15, -0.1) is 0 Å². The van der Waals surface area contributed by atoms with Crippen molar-refractivity contribution >= 4 is 8.32 Å². The Balaban J connectivity index is 2.61. The third kappa shape index (κ3) is 3.66. The minimum atomic E-state index is -1.76. The Kier molecular flexibility index (Phi) is 4.17. The van der Waals surface area contributed by atoms with E-state index in [4.69, 9.17) is 8.95 Å². The molecule has 0 radical (unpaired) electrons. The Morgan fingerprint density at radius 3 is 2.47 bits per heavy atom. The van der Waals surface area contributed by atoms with Crippen molar-refractivity contribution in [3.8, 4) is 0 Å². The molecular weight excluding hydrogens is 234 g/mol. The van der Waals surface area contributed by atoms with Crippen LogP contribution in [0.25, 0.3) is 0 Å². The average Bonchev–Trinajstić information content (AvgIpc) is 2.61. The molecule has 0 aliphatic heterocycles. The summed E-state index contributed by atoms with van der Waals surface area (Å²) in [5.74, 6) is 0.672. The lowest BCUT2D eigenvalue weighted by molar-refractivity contribution is 0.185. The van der Waals surface area contributed by atoms with E-state index in [2.05, 4.69) is 39.0 Å². The number of aliphatic hydroxyl groups is 1. The first-order valence-corrected chi connectivity index (χ1v) is 8.82. The van der Waals surface area contributed by atoms with Crippen LogP contribution in [0.5, 0.6) is 0 Å². The minimum Gasteiger partial charge on any atom is -0.409 e. The fraction of sp³-hybridized carbons (Fsp3) is 0.750. The zero-order valence-electron chi connectivity index (χ0n) is 11.6. The molecule has 0 fully saturated rings. The van der Waals surface area contributed by atoms with Gasteiger partial charge in [0.05, 0.1) is 12.7 Å². The van der Waals surface area contributed by atoms with Gasteiger partial charge in [0.15, 0.2) is 14.1 Å². The van der Waals surface area contributed by atoms with E-state index in [1.165, 1.54) is 0 Å². The van der Waals surface area contributed by atoms with Gasteiger partial charge < -0.3 is 14.1 Å². The summed E-state index contributed by atoms with van der Waals surface area (Å²) in [6, 6.07) is 1.75. The molecule has 0 amide bonds. The van der Waals surface area contributed by atoms with Crippen LogP contribution < -0.4 is 0 Å². The van der Waals surface area contributed by atoms with E-state index in [1.807, 2.05) is 0 Å². The summed E-state index contributed by atoms with van der Waals surface area (Å²) in [6.45, 7) is 13.1. The third-order valence-corrected chi connectivity index (χ3v) is 7.87. The fourth-order valence-corrected chi connectivity index (χ4v) is 2.00. The van der Waals surface area contributed by atoms with Crippen LogP contribution in [0.3, 0.4) is 0 Å². The Morgan fingerprint density at radius 1 is 1.47 bits per heavy atom. The lowest BCUT2D eigenvalue weighted by atomic mass is 10.2. The van der Waals surface area contributed by atoms with E-state index in [0.717, 1.165) is 0 Å². The number of rotatable bonds is 4. The van der Waals surface area contributed by atoms with Gasteiger partial charge in [0.1, 0.15) is 5.69 Å². The maximum atomic E-state index is 9.34. The zero-order chi connectivity index (χ0) is 13.3. The van der Waals surface area contributed by atoms with Gasteiger partial charge in [-0.05, 0) is 25.1 Å². The summed E-state index contributed by atoms with van der Waals surface area (Å²) >= 11 is 0. The SMILES string of the molecule is CC(O)c1cc(CO[Si](C)(C)C(C)(C)C)on1. The van der Waals surface area contributed by atoms with Gasteiger partial charge in [-0.25, -0.2) is 0 Å². The summed E-state index contributed by atoms with van der Waals surface area (Å²) in [6.07, 6.45) is -0.597. The molecule has 1 atom stereocenters. The Morgan fingerprint density at radius 2 is 2.06 bits per heavy atom.